The Morgan fingerprint density at radius 1 is 1.47 bits per heavy atom. The van der Waals surface area contributed by atoms with Crippen molar-refractivity contribution in [2.75, 3.05) is 24.6 Å². The van der Waals surface area contributed by atoms with Gasteiger partial charge >= 0.3 is 5.97 Å². The zero-order chi connectivity index (χ0) is 13.1. The Balaban J connectivity index is 2.73. The van der Waals surface area contributed by atoms with Crippen molar-refractivity contribution < 1.29 is 18.3 Å². The van der Waals surface area contributed by atoms with Gasteiger partial charge in [-0.3, -0.25) is 9.69 Å². The van der Waals surface area contributed by atoms with E-state index in [2.05, 4.69) is 0 Å². The molecule has 0 spiro atoms. The molecule has 1 saturated heterocycles. The van der Waals surface area contributed by atoms with Crippen molar-refractivity contribution in [3.05, 3.63) is 11.6 Å². The number of sulfone groups is 1. The third-order valence-corrected chi connectivity index (χ3v) is 4.49. The summed E-state index contributed by atoms with van der Waals surface area (Å²) in [6, 6.07) is -0.401. The van der Waals surface area contributed by atoms with Crippen molar-refractivity contribution >= 4 is 15.8 Å². The van der Waals surface area contributed by atoms with Gasteiger partial charge in [0, 0.05) is 19.1 Å². The van der Waals surface area contributed by atoms with Crippen molar-refractivity contribution in [2.24, 2.45) is 0 Å². The average molecular weight is 261 g/mol. The second kappa shape index (κ2) is 5.64. The molecular formula is C11H19NO4S. The van der Waals surface area contributed by atoms with E-state index in [0.29, 0.717) is 13.1 Å². The minimum atomic E-state index is -3.07. The zero-order valence-corrected chi connectivity index (χ0v) is 11.0. The number of rotatable bonds is 4. The van der Waals surface area contributed by atoms with Crippen LogP contribution in [-0.4, -0.2) is 55.0 Å². The molecule has 5 nitrogen and oxygen atoms in total. The summed E-state index contributed by atoms with van der Waals surface area (Å²) >= 11 is 0. The van der Waals surface area contributed by atoms with Gasteiger partial charge < -0.3 is 5.11 Å². The highest BCUT2D eigenvalue weighted by Gasteiger charge is 2.31. The highest BCUT2D eigenvalue weighted by atomic mass is 32.2. The lowest BCUT2D eigenvalue weighted by Gasteiger charge is -2.33. The van der Waals surface area contributed by atoms with Gasteiger partial charge in [0.15, 0.2) is 9.84 Å². The molecule has 0 aromatic heterocycles. The first-order valence-corrected chi connectivity index (χ1v) is 7.42. The van der Waals surface area contributed by atoms with E-state index in [0.717, 1.165) is 5.57 Å². The second-order valence-electron chi connectivity index (χ2n) is 4.64. The molecule has 1 heterocycles. The number of nitrogens with zero attached hydrogens (tertiary/aromatic N) is 1. The van der Waals surface area contributed by atoms with Crippen molar-refractivity contribution in [3.8, 4) is 0 Å². The maximum absolute atomic E-state index is 11.5. The summed E-state index contributed by atoms with van der Waals surface area (Å²) in [4.78, 5) is 12.7. The summed E-state index contributed by atoms with van der Waals surface area (Å²) in [6.07, 6.45) is 1.88. The molecule has 1 atom stereocenters. The van der Waals surface area contributed by atoms with Crippen LogP contribution < -0.4 is 0 Å². The molecule has 0 saturated carbocycles. The van der Waals surface area contributed by atoms with Crippen LogP contribution in [0.15, 0.2) is 11.6 Å². The van der Waals surface area contributed by atoms with E-state index in [9.17, 15) is 13.2 Å². The van der Waals surface area contributed by atoms with Gasteiger partial charge in [-0.15, -0.1) is 0 Å². The van der Waals surface area contributed by atoms with E-state index in [1.165, 1.54) is 0 Å². The molecular weight excluding hydrogens is 242 g/mol. The summed E-state index contributed by atoms with van der Waals surface area (Å²) in [5.41, 5.74) is 1.15. The van der Waals surface area contributed by atoms with E-state index in [1.807, 2.05) is 24.8 Å². The van der Waals surface area contributed by atoms with Crippen LogP contribution in [0.5, 0.6) is 0 Å². The molecule has 0 aliphatic carbocycles. The molecule has 0 aromatic rings. The number of carboxylic acid groups (broad SMARTS) is 1. The van der Waals surface area contributed by atoms with Crippen LogP contribution in [0, 0.1) is 0 Å². The van der Waals surface area contributed by atoms with Crippen LogP contribution in [0.1, 0.15) is 20.3 Å². The molecule has 1 unspecified atom stereocenters. The SMILES string of the molecule is CC(C)=CCN1CCS(=O)(=O)CC1CC(=O)O. The largest absolute Gasteiger partial charge is 0.481 e. The lowest BCUT2D eigenvalue weighted by molar-refractivity contribution is -0.138. The second-order valence-corrected chi connectivity index (χ2v) is 6.87. The van der Waals surface area contributed by atoms with E-state index in [4.69, 9.17) is 5.11 Å². The molecule has 0 aromatic carbocycles. The molecule has 0 amide bonds. The van der Waals surface area contributed by atoms with E-state index in [-0.39, 0.29) is 17.9 Å². The minimum Gasteiger partial charge on any atom is -0.481 e. The smallest absolute Gasteiger partial charge is 0.304 e. The summed E-state index contributed by atoms with van der Waals surface area (Å²) in [5.74, 6) is -0.871. The van der Waals surface area contributed by atoms with Gasteiger partial charge in [0.1, 0.15) is 0 Å². The van der Waals surface area contributed by atoms with E-state index < -0.39 is 21.8 Å². The fraction of sp³-hybridized carbons (Fsp3) is 0.727. The third-order valence-electron chi connectivity index (χ3n) is 2.80. The highest BCUT2D eigenvalue weighted by molar-refractivity contribution is 7.91. The molecule has 98 valence electrons. The fourth-order valence-electron chi connectivity index (χ4n) is 1.85. The quantitative estimate of drug-likeness (QED) is 0.747. The Hall–Kier alpha value is -0.880. The van der Waals surface area contributed by atoms with Gasteiger partial charge in [-0.05, 0) is 13.8 Å². The summed E-state index contributed by atoms with van der Waals surface area (Å²) in [7, 11) is -3.07. The van der Waals surface area contributed by atoms with Gasteiger partial charge in [0.05, 0.1) is 17.9 Å². The minimum absolute atomic E-state index is 0.0457. The van der Waals surface area contributed by atoms with Crippen LogP contribution in [0.25, 0.3) is 0 Å². The molecule has 1 N–H and O–H groups in total. The van der Waals surface area contributed by atoms with Crippen LogP contribution >= 0.6 is 0 Å². The van der Waals surface area contributed by atoms with Gasteiger partial charge in [-0.25, -0.2) is 8.42 Å². The molecule has 1 rings (SSSR count). The van der Waals surface area contributed by atoms with Crippen molar-refractivity contribution in [2.45, 2.75) is 26.3 Å². The van der Waals surface area contributed by atoms with Crippen molar-refractivity contribution in [3.63, 3.8) is 0 Å². The standard InChI is InChI=1S/C11H19NO4S/c1-9(2)3-4-12-5-6-17(15,16)8-10(12)7-11(13)14/h3,10H,4-8H2,1-2H3,(H,13,14). The number of carbonyl (C=O) groups is 1. The number of carboxylic acids is 1. The average Bonchev–Trinajstić information content (AvgIpc) is 2.14. The monoisotopic (exact) mass is 261 g/mol. The van der Waals surface area contributed by atoms with Crippen LogP contribution in [0.4, 0.5) is 0 Å². The molecule has 1 fully saturated rings. The lowest BCUT2D eigenvalue weighted by Crippen LogP contribution is -2.49. The first-order chi connectivity index (χ1) is 7.80. The summed E-state index contributed by atoms with van der Waals surface area (Å²) in [6.45, 7) is 4.97. The van der Waals surface area contributed by atoms with Crippen molar-refractivity contribution in [1.82, 2.24) is 4.90 Å². The van der Waals surface area contributed by atoms with Crippen LogP contribution in [-0.2, 0) is 14.6 Å². The van der Waals surface area contributed by atoms with Gasteiger partial charge in [-0.1, -0.05) is 11.6 Å². The predicted molar refractivity (Wildman–Crippen MR) is 65.7 cm³/mol. The molecule has 1 aliphatic heterocycles. The topological polar surface area (TPSA) is 74.7 Å². The molecule has 0 radical (unpaired) electrons. The Labute approximate surface area is 102 Å². The normalized spacial score (nSPS) is 24.2. The third kappa shape index (κ3) is 4.87. The number of hydrogen-bond acceptors (Lipinski definition) is 4. The summed E-state index contributed by atoms with van der Waals surface area (Å²) in [5, 5.41) is 8.79. The summed E-state index contributed by atoms with van der Waals surface area (Å²) < 4.78 is 23.0. The number of allylic oxidation sites excluding steroid dienone is 1. The Morgan fingerprint density at radius 3 is 2.65 bits per heavy atom. The first kappa shape index (κ1) is 14.2. The van der Waals surface area contributed by atoms with E-state index in [1.54, 1.807) is 0 Å². The lowest BCUT2D eigenvalue weighted by atomic mass is 10.2. The van der Waals surface area contributed by atoms with Crippen LogP contribution in [0.2, 0.25) is 0 Å². The van der Waals surface area contributed by atoms with Gasteiger partial charge in [0.25, 0.3) is 0 Å². The molecule has 6 heteroatoms. The maximum atomic E-state index is 11.5. The Bertz CT molecular complexity index is 409. The Kier molecular flexibility index (Phi) is 4.70. The fourth-order valence-corrected chi connectivity index (χ4v) is 3.44. The molecule has 17 heavy (non-hydrogen) atoms. The van der Waals surface area contributed by atoms with E-state index >= 15 is 0 Å². The van der Waals surface area contributed by atoms with Gasteiger partial charge in [-0.2, -0.15) is 0 Å². The van der Waals surface area contributed by atoms with Crippen molar-refractivity contribution in [1.29, 1.82) is 0 Å². The first-order valence-electron chi connectivity index (χ1n) is 5.60. The number of aliphatic carboxylic acids is 1. The highest BCUT2D eigenvalue weighted by Crippen LogP contribution is 2.15. The predicted octanol–water partition coefficient (Wildman–Crippen LogP) is 0.526. The van der Waals surface area contributed by atoms with Gasteiger partial charge in [0.2, 0.25) is 0 Å². The Morgan fingerprint density at radius 2 is 2.12 bits per heavy atom. The maximum Gasteiger partial charge on any atom is 0.304 e. The molecule has 0 bridgehead atoms. The number of hydrogen-bond donors (Lipinski definition) is 1. The van der Waals surface area contributed by atoms with Crippen LogP contribution in [0.3, 0.4) is 0 Å². The zero-order valence-electron chi connectivity index (χ0n) is 10.2. The molecule has 1 aliphatic rings.